The summed E-state index contributed by atoms with van der Waals surface area (Å²) < 4.78 is 13.2. The summed E-state index contributed by atoms with van der Waals surface area (Å²) in [5.74, 6) is 0.272. The molecule has 0 saturated carbocycles. The van der Waals surface area contributed by atoms with Gasteiger partial charge in [0.2, 0.25) is 0 Å². The van der Waals surface area contributed by atoms with Crippen molar-refractivity contribution in [1.82, 2.24) is 0 Å². The third-order valence-corrected chi connectivity index (χ3v) is 19.1. The molecule has 2 unspecified atom stereocenters. The zero-order valence-corrected chi connectivity index (χ0v) is 32.3. The molecule has 2 aliphatic rings. The minimum absolute atomic E-state index is 0. The molecule has 198 valence electrons. The van der Waals surface area contributed by atoms with E-state index in [0.717, 1.165) is 22.9 Å². The molecule has 2 rings (SSSR count). The van der Waals surface area contributed by atoms with Gasteiger partial charge in [0.25, 0.3) is 0 Å². The Morgan fingerprint density at radius 3 is 1.17 bits per heavy atom. The molecule has 0 radical (unpaired) electrons. The minimum Gasteiger partial charge on any atom is -0.418 e. The number of hydrogen-bond donors (Lipinski definition) is 0. The predicted octanol–water partition coefficient (Wildman–Crippen LogP) is 9.32. The molecule has 0 N–H and O–H groups in total. The first-order valence-electron chi connectivity index (χ1n) is 12.7. The second-order valence-electron chi connectivity index (χ2n) is 13.2. The number of rotatable bonds is 10. The van der Waals surface area contributed by atoms with Crippen LogP contribution in [0.4, 0.5) is 0 Å². The Labute approximate surface area is 249 Å². The van der Waals surface area contributed by atoms with E-state index in [1.807, 2.05) is 0 Å². The Kier molecular flexibility index (Phi) is 11.9. The van der Waals surface area contributed by atoms with Gasteiger partial charge in [-0.25, -0.2) is 0 Å². The molecule has 35 heavy (non-hydrogen) atoms. The smallest absolute Gasteiger partial charge is 0.183 e. The molecule has 0 aromatic heterocycles. The fourth-order valence-corrected chi connectivity index (χ4v) is 18.3. The van der Waals surface area contributed by atoms with Crippen molar-refractivity contribution in [2.45, 2.75) is 111 Å². The third-order valence-electron chi connectivity index (χ3n) is 7.44. The van der Waals surface area contributed by atoms with Crippen molar-refractivity contribution in [3.8, 4) is 0 Å². The molecule has 0 heterocycles. The van der Waals surface area contributed by atoms with Crippen molar-refractivity contribution in [2.75, 3.05) is 0 Å². The fourth-order valence-electron chi connectivity index (χ4n) is 5.28. The first-order valence-corrected chi connectivity index (χ1v) is 26.5. The molecule has 2 nitrogen and oxygen atoms in total. The number of allylic oxidation sites excluding steroid dienone is 8. The summed E-state index contributed by atoms with van der Waals surface area (Å²) in [5, 5.41) is 4.85. The monoisotopic (exact) mass is 664 g/mol. The second-order valence-corrected chi connectivity index (χ2v) is 32.5. The van der Waals surface area contributed by atoms with Crippen LogP contribution >= 0.6 is 23.2 Å². The van der Waals surface area contributed by atoms with Gasteiger partial charge < -0.3 is 8.85 Å². The Balaban J connectivity index is 0.00000612. The summed E-state index contributed by atoms with van der Waals surface area (Å²) in [7, 11) is -7.20. The molecule has 0 bridgehead atoms. The maximum Gasteiger partial charge on any atom is 0.183 e. The van der Waals surface area contributed by atoms with Gasteiger partial charge in [-0.05, 0) is 74.7 Å². The summed E-state index contributed by atoms with van der Waals surface area (Å²) in [6.07, 6.45) is 6.42. The second kappa shape index (κ2) is 12.2. The van der Waals surface area contributed by atoms with Crippen molar-refractivity contribution >= 4 is 56.0 Å². The molecule has 0 aromatic carbocycles. The summed E-state index contributed by atoms with van der Waals surface area (Å²) >= 11 is 13.9. The topological polar surface area (TPSA) is 18.5 Å². The van der Waals surface area contributed by atoms with E-state index in [0.29, 0.717) is 0 Å². The zero-order chi connectivity index (χ0) is 26.4. The van der Waals surface area contributed by atoms with Crippen molar-refractivity contribution in [3.63, 3.8) is 0 Å². The van der Waals surface area contributed by atoms with E-state index in [9.17, 15) is 0 Å². The van der Waals surface area contributed by atoms with Gasteiger partial charge in [-0.15, -0.1) is 0 Å². The Morgan fingerprint density at radius 2 is 0.914 bits per heavy atom. The molecule has 0 spiro atoms. The van der Waals surface area contributed by atoms with Crippen LogP contribution in [0, 0.1) is 5.92 Å². The molecule has 2 aliphatic carbocycles. The van der Waals surface area contributed by atoms with Crippen LogP contribution in [0.1, 0.15) is 33.6 Å². The Hall–Kier alpha value is 1.21. The van der Waals surface area contributed by atoms with Crippen molar-refractivity contribution in [1.29, 1.82) is 0 Å². The van der Waals surface area contributed by atoms with Gasteiger partial charge in [0, 0.05) is 66.5 Å². The van der Waals surface area contributed by atoms with E-state index in [1.54, 1.807) is 0 Å². The maximum atomic E-state index is 6.96. The average molecular weight is 667 g/mol. The van der Waals surface area contributed by atoms with Gasteiger partial charge >= 0.3 is 0 Å². The predicted molar refractivity (Wildman–Crippen MR) is 163 cm³/mol. The van der Waals surface area contributed by atoms with Crippen LogP contribution in [-0.4, -0.2) is 44.2 Å². The molecule has 0 saturated heterocycles. The van der Waals surface area contributed by atoms with Crippen LogP contribution in [0.5, 0.6) is 0 Å². The SMILES string of the molecule is CC(C1=CCC(Cl)=C1[Si](C)(C)C(C)O[Si](C)(C)C)C1=CCC(Cl)=C1[Si](C)(C)C(C)O[Si](C)(C)C.[Zr]. The summed E-state index contributed by atoms with van der Waals surface area (Å²) in [5.41, 5.74) is 3.27. The zero-order valence-electron chi connectivity index (χ0n) is 24.4. The van der Waals surface area contributed by atoms with Crippen LogP contribution in [-0.2, 0) is 35.1 Å². The van der Waals surface area contributed by atoms with Crippen LogP contribution in [0.3, 0.4) is 0 Å². The van der Waals surface area contributed by atoms with Crippen LogP contribution < -0.4 is 0 Å². The molecule has 0 amide bonds. The molecular formula is C26H48Cl2O2Si4Zr. The van der Waals surface area contributed by atoms with E-state index in [2.05, 4.69) is 98.4 Å². The van der Waals surface area contributed by atoms with E-state index in [4.69, 9.17) is 32.1 Å². The van der Waals surface area contributed by atoms with E-state index < -0.39 is 32.8 Å². The van der Waals surface area contributed by atoms with Gasteiger partial charge in [-0.1, -0.05) is 68.5 Å². The van der Waals surface area contributed by atoms with E-state index >= 15 is 0 Å². The largest absolute Gasteiger partial charge is 0.418 e. The first kappa shape index (κ1) is 34.2. The maximum absolute atomic E-state index is 6.96. The number of halogens is 2. The summed E-state index contributed by atoms with van der Waals surface area (Å²) in [6.45, 7) is 30.2. The van der Waals surface area contributed by atoms with Gasteiger partial charge in [0.15, 0.2) is 16.6 Å². The van der Waals surface area contributed by atoms with Crippen molar-refractivity contribution in [3.05, 3.63) is 43.8 Å². The first-order chi connectivity index (χ1) is 15.2. The fraction of sp³-hybridized carbons (Fsp3) is 0.692. The molecular weight excluding hydrogens is 619 g/mol. The third kappa shape index (κ3) is 8.11. The molecule has 0 aromatic rings. The average Bonchev–Trinajstić information content (AvgIpc) is 3.21. The summed E-state index contributed by atoms with van der Waals surface area (Å²) in [4.78, 5) is 0. The van der Waals surface area contributed by atoms with Gasteiger partial charge in [0.05, 0.1) is 0 Å². The van der Waals surface area contributed by atoms with Crippen LogP contribution in [0.25, 0.3) is 0 Å². The van der Waals surface area contributed by atoms with Crippen LogP contribution in [0.15, 0.2) is 43.8 Å². The Morgan fingerprint density at radius 1 is 0.629 bits per heavy atom. The molecule has 2 atom stereocenters. The van der Waals surface area contributed by atoms with Crippen molar-refractivity contribution < 1.29 is 35.1 Å². The normalized spacial score (nSPS) is 20.5. The quantitative estimate of drug-likeness (QED) is 0.217. The Bertz CT molecular complexity index is 851. The van der Waals surface area contributed by atoms with E-state index in [-0.39, 0.29) is 43.6 Å². The van der Waals surface area contributed by atoms with Crippen molar-refractivity contribution in [2.24, 2.45) is 5.92 Å². The van der Waals surface area contributed by atoms with Gasteiger partial charge in [-0.3, -0.25) is 0 Å². The standard InChI is InChI=1S/C26H48Cl2O2Si4.Zr/c1-18(21-14-16-23(27)25(21)33(10,11)19(2)29-31(4,5)6)22-15-17-24(28)26(22)34(12,13)20(3)30-32(7,8)9;/h14-15,18-20H,16-17H2,1-13H3;. The molecule has 9 heteroatoms. The van der Waals surface area contributed by atoms with Crippen LogP contribution in [0.2, 0.25) is 65.5 Å². The summed E-state index contributed by atoms with van der Waals surface area (Å²) in [6, 6.07) is 0. The molecule has 0 aliphatic heterocycles. The number of hydrogen-bond acceptors (Lipinski definition) is 2. The molecule has 0 fully saturated rings. The minimum atomic E-state index is -1.95. The van der Waals surface area contributed by atoms with E-state index in [1.165, 1.54) is 21.5 Å². The van der Waals surface area contributed by atoms with Gasteiger partial charge in [0.1, 0.15) is 16.1 Å². The van der Waals surface area contributed by atoms with Gasteiger partial charge in [-0.2, -0.15) is 0 Å².